The van der Waals surface area contributed by atoms with Crippen LogP contribution in [0.5, 0.6) is 0 Å². The fourth-order valence-electron chi connectivity index (χ4n) is 2.43. The summed E-state index contributed by atoms with van der Waals surface area (Å²) in [6.45, 7) is 1.71. The number of benzene rings is 1. The summed E-state index contributed by atoms with van der Waals surface area (Å²) >= 11 is 0. The molecule has 96 valence electrons. The van der Waals surface area contributed by atoms with Crippen LogP contribution in [0.25, 0.3) is 0 Å². The second kappa shape index (κ2) is 4.80. The Hall–Kier alpha value is -1.84. The first-order chi connectivity index (χ1) is 8.55. The zero-order valence-electron chi connectivity index (χ0n) is 10.6. The Balaban J connectivity index is 2.08. The maximum Gasteiger partial charge on any atom is 0.331 e. The molecule has 0 bridgehead atoms. The van der Waals surface area contributed by atoms with Gasteiger partial charge in [-0.2, -0.15) is 0 Å². The summed E-state index contributed by atoms with van der Waals surface area (Å²) in [5, 5.41) is 2.74. The number of amides is 1. The number of hydrogen-bond acceptors (Lipinski definition) is 3. The Morgan fingerprint density at radius 2 is 2.11 bits per heavy atom. The number of carbonyl (C=O) groups is 2. The van der Waals surface area contributed by atoms with Gasteiger partial charge in [-0.15, -0.1) is 0 Å². The molecule has 0 aliphatic carbocycles. The Labute approximate surface area is 106 Å². The number of esters is 1. The maximum atomic E-state index is 11.9. The van der Waals surface area contributed by atoms with E-state index in [1.54, 1.807) is 6.92 Å². The Morgan fingerprint density at radius 3 is 2.72 bits per heavy atom. The molecule has 0 spiro atoms. The van der Waals surface area contributed by atoms with Gasteiger partial charge in [0.2, 0.25) is 5.91 Å². The molecule has 1 aromatic rings. The van der Waals surface area contributed by atoms with Crippen LogP contribution in [-0.2, 0) is 20.7 Å². The third-order valence-electron chi connectivity index (χ3n) is 3.39. The zero-order valence-corrected chi connectivity index (χ0v) is 10.6. The van der Waals surface area contributed by atoms with E-state index in [9.17, 15) is 9.59 Å². The van der Waals surface area contributed by atoms with E-state index >= 15 is 0 Å². The fourth-order valence-corrected chi connectivity index (χ4v) is 2.43. The highest BCUT2D eigenvalue weighted by Crippen LogP contribution is 2.28. The molecule has 0 radical (unpaired) electrons. The average Bonchev–Trinajstić information content (AvgIpc) is 2.66. The first kappa shape index (κ1) is 12.6. The van der Waals surface area contributed by atoms with Crippen LogP contribution >= 0.6 is 0 Å². The molecule has 1 amide bonds. The summed E-state index contributed by atoms with van der Waals surface area (Å²) in [4.78, 5) is 23.5. The first-order valence-electron chi connectivity index (χ1n) is 5.99. The summed E-state index contributed by atoms with van der Waals surface area (Å²) in [5.41, 5.74) is 0.220. The quantitative estimate of drug-likeness (QED) is 0.819. The van der Waals surface area contributed by atoms with E-state index in [1.807, 2.05) is 30.3 Å². The summed E-state index contributed by atoms with van der Waals surface area (Å²) < 4.78 is 4.73. The van der Waals surface area contributed by atoms with Crippen molar-refractivity contribution in [1.29, 1.82) is 0 Å². The lowest BCUT2D eigenvalue weighted by atomic mass is 9.90. The smallest absolute Gasteiger partial charge is 0.331 e. The first-order valence-corrected chi connectivity index (χ1v) is 5.99. The molecule has 1 aromatic carbocycles. The lowest BCUT2D eigenvalue weighted by Gasteiger charge is -2.20. The van der Waals surface area contributed by atoms with Gasteiger partial charge in [0.05, 0.1) is 7.11 Å². The van der Waals surface area contributed by atoms with Gasteiger partial charge < -0.3 is 10.1 Å². The maximum absolute atomic E-state index is 11.9. The molecule has 1 aliphatic rings. The molecule has 4 heteroatoms. The topological polar surface area (TPSA) is 55.4 Å². The van der Waals surface area contributed by atoms with E-state index in [2.05, 4.69) is 5.32 Å². The van der Waals surface area contributed by atoms with Crippen LogP contribution in [0.2, 0.25) is 0 Å². The fraction of sp³-hybridized carbons (Fsp3) is 0.429. The van der Waals surface area contributed by atoms with Crippen molar-refractivity contribution in [3.05, 3.63) is 35.9 Å². The minimum atomic E-state index is -0.884. The Bertz CT molecular complexity index is 457. The highest BCUT2D eigenvalue weighted by molar-refractivity contribution is 5.92. The van der Waals surface area contributed by atoms with Gasteiger partial charge in [-0.25, -0.2) is 4.79 Å². The summed E-state index contributed by atoms with van der Waals surface area (Å²) in [6, 6.07) is 9.81. The van der Waals surface area contributed by atoms with E-state index in [0.717, 1.165) is 5.56 Å². The van der Waals surface area contributed by atoms with Crippen molar-refractivity contribution >= 4 is 11.9 Å². The van der Waals surface area contributed by atoms with Crippen molar-refractivity contribution in [2.45, 2.75) is 25.3 Å². The summed E-state index contributed by atoms with van der Waals surface area (Å²) in [5.74, 6) is -0.630. The largest absolute Gasteiger partial charge is 0.467 e. The van der Waals surface area contributed by atoms with Crippen molar-refractivity contribution < 1.29 is 14.3 Å². The van der Waals surface area contributed by atoms with Gasteiger partial charge in [0.25, 0.3) is 0 Å². The molecule has 1 aliphatic heterocycles. The van der Waals surface area contributed by atoms with Gasteiger partial charge >= 0.3 is 5.97 Å². The lowest BCUT2D eigenvalue weighted by Crippen LogP contribution is -2.46. The Morgan fingerprint density at radius 1 is 1.44 bits per heavy atom. The van der Waals surface area contributed by atoms with Crippen LogP contribution in [0.1, 0.15) is 18.9 Å². The lowest BCUT2D eigenvalue weighted by molar-refractivity contribution is -0.148. The molecule has 4 nitrogen and oxygen atoms in total. The second-order valence-corrected chi connectivity index (χ2v) is 4.90. The van der Waals surface area contributed by atoms with Crippen molar-refractivity contribution in [3.63, 3.8) is 0 Å². The molecular formula is C14H17NO3. The number of hydrogen-bond donors (Lipinski definition) is 1. The summed E-state index contributed by atoms with van der Waals surface area (Å²) in [7, 11) is 1.34. The molecule has 0 unspecified atom stereocenters. The molecule has 18 heavy (non-hydrogen) atoms. The SMILES string of the molecule is COC(=O)[C@]1(C)C[C@@H](Cc2ccccc2)C(=O)N1. The standard InChI is InChI=1S/C14H17NO3/c1-14(13(17)18-2)9-11(12(16)15-14)8-10-6-4-3-5-7-10/h3-7,11H,8-9H2,1-2H3,(H,15,16)/t11-,14+/m1/s1. The van der Waals surface area contributed by atoms with E-state index < -0.39 is 5.54 Å². The van der Waals surface area contributed by atoms with Crippen LogP contribution < -0.4 is 5.32 Å². The molecule has 1 N–H and O–H groups in total. The van der Waals surface area contributed by atoms with Crippen LogP contribution in [0, 0.1) is 5.92 Å². The van der Waals surface area contributed by atoms with E-state index in [1.165, 1.54) is 7.11 Å². The summed E-state index contributed by atoms with van der Waals surface area (Å²) in [6.07, 6.45) is 1.13. The highest BCUT2D eigenvalue weighted by Gasteiger charge is 2.46. The predicted octanol–water partition coefficient (Wildman–Crippen LogP) is 1.30. The molecule has 1 saturated heterocycles. The Kier molecular flexibility index (Phi) is 3.36. The number of carbonyl (C=O) groups excluding carboxylic acids is 2. The molecule has 1 heterocycles. The monoisotopic (exact) mass is 247 g/mol. The molecule has 2 rings (SSSR count). The van der Waals surface area contributed by atoms with Crippen molar-refractivity contribution in [1.82, 2.24) is 5.32 Å². The molecular weight excluding hydrogens is 230 g/mol. The van der Waals surface area contributed by atoms with Crippen molar-refractivity contribution in [2.75, 3.05) is 7.11 Å². The minimum Gasteiger partial charge on any atom is -0.467 e. The number of methoxy groups -OCH3 is 1. The molecule has 2 atom stereocenters. The van der Waals surface area contributed by atoms with Gasteiger partial charge in [0.1, 0.15) is 5.54 Å². The van der Waals surface area contributed by atoms with Gasteiger partial charge in [-0.1, -0.05) is 30.3 Å². The molecule has 0 aromatic heterocycles. The minimum absolute atomic E-state index is 0.0771. The van der Waals surface area contributed by atoms with Crippen molar-refractivity contribution in [2.24, 2.45) is 5.92 Å². The van der Waals surface area contributed by atoms with E-state index in [0.29, 0.717) is 12.8 Å². The van der Waals surface area contributed by atoms with E-state index in [-0.39, 0.29) is 17.8 Å². The number of ether oxygens (including phenoxy) is 1. The number of rotatable bonds is 3. The third kappa shape index (κ3) is 2.37. The van der Waals surface area contributed by atoms with Crippen molar-refractivity contribution in [3.8, 4) is 0 Å². The third-order valence-corrected chi connectivity index (χ3v) is 3.39. The van der Waals surface area contributed by atoms with Crippen LogP contribution in [0.3, 0.4) is 0 Å². The van der Waals surface area contributed by atoms with Crippen LogP contribution in [-0.4, -0.2) is 24.5 Å². The van der Waals surface area contributed by atoms with Gasteiger partial charge in [-0.05, 0) is 25.3 Å². The molecule has 1 fully saturated rings. The van der Waals surface area contributed by atoms with Crippen LogP contribution in [0.15, 0.2) is 30.3 Å². The van der Waals surface area contributed by atoms with Gasteiger partial charge in [0, 0.05) is 5.92 Å². The van der Waals surface area contributed by atoms with Crippen LogP contribution in [0.4, 0.5) is 0 Å². The van der Waals surface area contributed by atoms with Gasteiger partial charge in [-0.3, -0.25) is 4.79 Å². The zero-order chi connectivity index (χ0) is 13.2. The van der Waals surface area contributed by atoms with E-state index in [4.69, 9.17) is 4.74 Å². The predicted molar refractivity (Wildman–Crippen MR) is 66.8 cm³/mol. The number of nitrogens with one attached hydrogen (secondary N) is 1. The van der Waals surface area contributed by atoms with Gasteiger partial charge in [0.15, 0.2) is 0 Å². The average molecular weight is 247 g/mol. The second-order valence-electron chi connectivity index (χ2n) is 4.90. The normalized spacial score (nSPS) is 26.8. The highest BCUT2D eigenvalue weighted by atomic mass is 16.5. The molecule has 0 saturated carbocycles.